The fourth-order valence-corrected chi connectivity index (χ4v) is 2.34. The molecule has 2 aromatic carbocycles. The van der Waals surface area contributed by atoms with E-state index in [1.165, 1.54) is 0 Å². The van der Waals surface area contributed by atoms with Crippen molar-refractivity contribution in [3.05, 3.63) is 53.1 Å². The molecule has 0 heterocycles. The standard InChI is InChI=1S/C15H15Cl2NO/c1-18(13-4-6-14(19-2)7-5-13)15-8-3-12(17)9-11(15)10-16/h3-9H,10H2,1-2H3. The Kier molecular flexibility index (Phi) is 4.56. The molecule has 0 aliphatic carbocycles. The zero-order chi connectivity index (χ0) is 13.8. The van der Waals surface area contributed by atoms with Gasteiger partial charge in [0.2, 0.25) is 0 Å². The minimum atomic E-state index is 0.427. The van der Waals surface area contributed by atoms with Crippen LogP contribution in [0.4, 0.5) is 11.4 Å². The van der Waals surface area contributed by atoms with Crippen LogP contribution in [-0.2, 0) is 5.88 Å². The molecule has 0 atom stereocenters. The van der Waals surface area contributed by atoms with Gasteiger partial charge in [-0.05, 0) is 48.0 Å². The maximum Gasteiger partial charge on any atom is 0.119 e. The molecule has 0 bridgehead atoms. The van der Waals surface area contributed by atoms with Crippen molar-refractivity contribution >= 4 is 34.6 Å². The highest BCUT2D eigenvalue weighted by Gasteiger charge is 2.09. The lowest BCUT2D eigenvalue weighted by Crippen LogP contribution is -2.11. The summed E-state index contributed by atoms with van der Waals surface area (Å²) in [5, 5.41) is 0.697. The molecule has 0 unspecified atom stereocenters. The average Bonchev–Trinajstić information content (AvgIpc) is 2.46. The van der Waals surface area contributed by atoms with Crippen molar-refractivity contribution in [2.24, 2.45) is 0 Å². The zero-order valence-electron chi connectivity index (χ0n) is 10.9. The summed E-state index contributed by atoms with van der Waals surface area (Å²) in [7, 11) is 3.66. The van der Waals surface area contributed by atoms with E-state index in [2.05, 4.69) is 4.90 Å². The first kappa shape index (κ1) is 14.0. The molecule has 0 aliphatic rings. The number of methoxy groups -OCH3 is 1. The van der Waals surface area contributed by atoms with Crippen LogP contribution in [0.3, 0.4) is 0 Å². The van der Waals surface area contributed by atoms with E-state index in [1.54, 1.807) is 7.11 Å². The summed E-state index contributed by atoms with van der Waals surface area (Å²) in [6, 6.07) is 13.6. The molecule has 2 nitrogen and oxygen atoms in total. The van der Waals surface area contributed by atoms with E-state index in [1.807, 2.05) is 49.5 Å². The first-order valence-electron chi connectivity index (χ1n) is 5.88. The molecule has 0 saturated carbocycles. The van der Waals surface area contributed by atoms with Gasteiger partial charge >= 0.3 is 0 Å². The van der Waals surface area contributed by atoms with Crippen molar-refractivity contribution in [3.8, 4) is 5.75 Å². The highest BCUT2D eigenvalue weighted by molar-refractivity contribution is 6.30. The highest BCUT2D eigenvalue weighted by atomic mass is 35.5. The van der Waals surface area contributed by atoms with E-state index in [4.69, 9.17) is 27.9 Å². The molecule has 4 heteroatoms. The lowest BCUT2D eigenvalue weighted by atomic mass is 10.1. The monoisotopic (exact) mass is 295 g/mol. The molecule has 100 valence electrons. The van der Waals surface area contributed by atoms with E-state index < -0.39 is 0 Å². The first-order valence-corrected chi connectivity index (χ1v) is 6.79. The van der Waals surface area contributed by atoms with Crippen LogP contribution in [0, 0.1) is 0 Å². The molecule has 0 saturated heterocycles. The molecule has 2 rings (SSSR count). The molecule has 0 radical (unpaired) electrons. The molecule has 0 N–H and O–H groups in total. The van der Waals surface area contributed by atoms with Gasteiger partial charge in [0, 0.05) is 29.3 Å². The van der Waals surface area contributed by atoms with Crippen LogP contribution in [0.15, 0.2) is 42.5 Å². The fourth-order valence-electron chi connectivity index (χ4n) is 1.93. The number of halogens is 2. The number of rotatable bonds is 4. The highest BCUT2D eigenvalue weighted by Crippen LogP contribution is 2.31. The second-order valence-corrected chi connectivity index (χ2v) is 4.87. The molecular formula is C15H15Cl2NO. The van der Waals surface area contributed by atoms with Crippen molar-refractivity contribution in [1.82, 2.24) is 0 Å². The Morgan fingerprint density at radius 2 is 1.79 bits per heavy atom. The summed E-state index contributed by atoms with van der Waals surface area (Å²) >= 11 is 12.0. The van der Waals surface area contributed by atoms with Gasteiger partial charge in [-0.15, -0.1) is 11.6 Å². The van der Waals surface area contributed by atoms with Crippen molar-refractivity contribution in [1.29, 1.82) is 0 Å². The average molecular weight is 296 g/mol. The van der Waals surface area contributed by atoms with Crippen LogP contribution < -0.4 is 9.64 Å². The second kappa shape index (κ2) is 6.18. The molecule has 0 amide bonds. The topological polar surface area (TPSA) is 12.5 Å². The maximum atomic E-state index is 5.99. The predicted molar refractivity (Wildman–Crippen MR) is 82.1 cm³/mol. The van der Waals surface area contributed by atoms with Gasteiger partial charge in [0.1, 0.15) is 5.75 Å². The Bertz CT molecular complexity index is 555. The van der Waals surface area contributed by atoms with Gasteiger partial charge in [-0.3, -0.25) is 0 Å². The maximum absolute atomic E-state index is 5.99. The number of hydrogen-bond acceptors (Lipinski definition) is 2. The Hall–Kier alpha value is -1.38. The molecule has 2 aromatic rings. The SMILES string of the molecule is COc1ccc(N(C)c2ccc(Cl)cc2CCl)cc1. The van der Waals surface area contributed by atoms with E-state index in [-0.39, 0.29) is 0 Å². The summed E-state index contributed by atoms with van der Waals surface area (Å²) in [6.45, 7) is 0. The minimum Gasteiger partial charge on any atom is -0.497 e. The van der Waals surface area contributed by atoms with E-state index in [9.17, 15) is 0 Å². The molecule has 0 aliphatic heterocycles. The van der Waals surface area contributed by atoms with Crippen LogP contribution in [0.25, 0.3) is 0 Å². The Balaban J connectivity index is 2.34. The van der Waals surface area contributed by atoms with Crippen molar-refractivity contribution in [2.75, 3.05) is 19.1 Å². The molecule has 19 heavy (non-hydrogen) atoms. The third-order valence-corrected chi connectivity index (χ3v) is 3.53. The molecule has 0 aromatic heterocycles. The summed E-state index contributed by atoms with van der Waals surface area (Å²) < 4.78 is 5.16. The van der Waals surface area contributed by atoms with E-state index >= 15 is 0 Å². The van der Waals surface area contributed by atoms with Gasteiger partial charge in [0.05, 0.1) is 7.11 Å². The Morgan fingerprint density at radius 1 is 1.11 bits per heavy atom. The van der Waals surface area contributed by atoms with Gasteiger partial charge in [-0.1, -0.05) is 11.6 Å². The second-order valence-electron chi connectivity index (χ2n) is 4.16. The number of nitrogens with zero attached hydrogens (tertiary/aromatic N) is 1. The number of benzene rings is 2. The third-order valence-electron chi connectivity index (χ3n) is 3.01. The van der Waals surface area contributed by atoms with Gasteiger partial charge in [-0.25, -0.2) is 0 Å². The minimum absolute atomic E-state index is 0.427. The van der Waals surface area contributed by atoms with Crippen molar-refractivity contribution < 1.29 is 4.74 Å². The Labute approximate surface area is 123 Å². The normalized spacial score (nSPS) is 10.3. The largest absolute Gasteiger partial charge is 0.497 e. The smallest absolute Gasteiger partial charge is 0.119 e. The number of ether oxygens (including phenoxy) is 1. The fraction of sp³-hybridized carbons (Fsp3) is 0.200. The van der Waals surface area contributed by atoms with Crippen LogP contribution in [-0.4, -0.2) is 14.2 Å². The third kappa shape index (κ3) is 3.14. The number of alkyl halides is 1. The first-order chi connectivity index (χ1) is 9.15. The van der Waals surface area contributed by atoms with E-state index in [0.717, 1.165) is 22.7 Å². The number of hydrogen-bond donors (Lipinski definition) is 0. The lowest BCUT2D eigenvalue weighted by molar-refractivity contribution is 0.415. The van der Waals surface area contributed by atoms with Gasteiger partial charge in [-0.2, -0.15) is 0 Å². The summed E-state index contributed by atoms with van der Waals surface area (Å²) in [6.07, 6.45) is 0. The van der Waals surface area contributed by atoms with Crippen molar-refractivity contribution in [3.63, 3.8) is 0 Å². The van der Waals surface area contributed by atoms with Gasteiger partial charge < -0.3 is 9.64 Å². The molecule has 0 spiro atoms. The van der Waals surface area contributed by atoms with Crippen molar-refractivity contribution in [2.45, 2.75) is 5.88 Å². The zero-order valence-corrected chi connectivity index (χ0v) is 12.4. The summed E-state index contributed by atoms with van der Waals surface area (Å²) in [5.41, 5.74) is 3.12. The molecular weight excluding hydrogens is 281 g/mol. The van der Waals surface area contributed by atoms with Crippen LogP contribution in [0.2, 0.25) is 5.02 Å². The summed E-state index contributed by atoms with van der Waals surface area (Å²) in [4.78, 5) is 2.08. The molecule has 0 fully saturated rings. The lowest BCUT2D eigenvalue weighted by Gasteiger charge is -2.22. The Morgan fingerprint density at radius 3 is 2.37 bits per heavy atom. The van der Waals surface area contributed by atoms with Crippen LogP contribution >= 0.6 is 23.2 Å². The summed E-state index contributed by atoms with van der Waals surface area (Å²) in [5.74, 6) is 1.27. The van der Waals surface area contributed by atoms with E-state index in [0.29, 0.717) is 10.9 Å². The van der Waals surface area contributed by atoms with Gasteiger partial charge in [0.15, 0.2) is 0 Å². The quantitative estimate of drug-likeness (QED) is 0.747. The van der Waals surface area contributed by atoms with Gasteiger partial charge in [0.25, 0.3) is 0 Å². The van der Waals surface area contributed by atoms with Crippen LogP contribution in [0.5, 0.6) is 5.75 Å². The van der Waals surface area contributed by atoms with Crippen LogP contribution in [0.1, 0.15) is 5.56 Å². The number of anilines is 2. The predicted octanol–water partition coefficient (Wildman–Crippen LogP) is 4.86.